The number of aromatic hydroxyl groups is 1. The second kappa shape index (κ2) is 8.54. The first-order chi connectivity index (χ1) is 14.3. The molecular formula is C22H22N2O5S. The van der Waals surface area contributed by atoms with Crippen LogP contribution < -0.4 is 19.7 Å². The van der Waals surface area contributed by atoms with Gasteiger partial charge in [0.1, 0.15) is 5.57 Å². The van der Waals surface area contributed by atoms with E-state index < -0.39 is 11.8 Å². The summed E-state index contributed by atoms with van der Waals surface area (Å²) in [7, 11) is 2.79. The van der Waals surface area contributed by atoms with Crippen molar-refractivity contribution in [3.8, 4) is 17.2 Å². The molecule has 0 bridgehead atoms. The molecular weight excluding hydrogens is 404 g/mol. The van der Waals surface area contributed by atoms with Crippen LogP contribution in [-0.2, 0) is 9.59 Å². The first kappa shape index (κ1) is 21.3. The predicted molar refractivity (Wildman–Crippen MR) is 118 cm³/mol. The van der Waals surface area contributed by atoms with E-state index in [1.165, 1.54) is 37.3 Å². The molecule has 0 aromatic heterocycles. The minimum atomic E-state index is -0.606. The number of ether oxygens (including phenoxy) is 2. The number of phenolic OH excluding ortho intramolecular Hbond substituents is 1. The molecule has 7 nitrogen and oxygen atoms in total. The van der Waals surface area contributed by atoms with Crippen molar-refractivity contribution in [2.75, 3.05) is 19.1 Å². The Hall–Kier alpha value is -3.39. The molecule has 1 aliphatic heterocycles. The van der Waals surface area contributed by atoms with Crippen molar-refractivity contribution in [2.45, 2.75) is 19.8 Å². The Morgan fingerprint density at radius 2 is 1.63 bits per heavy atom. The molecule has 2 aromatic rings. The fourth-order valence-electron chi connectivity index (χ4n) is 3.06. The zero-order chi connectivity index (χ0) is 22.0. The van der Waals surface area contributed by atoms with E-state index in [1.54, 1.807) is 12.1 Å². The van der Waals surface area contributed by atoms with Crippen molar-refractivity contribution in [3.63, 3.8) is 0 Å². The molecule has 3 rings (SSSR count). The van der Waals surface area contributed by atoms with E-state index in [9.17, 15) is 14.7 Å². The Morgan fingerprint density at radius 3 is 2.13 bits per heavy atom. The van der Waals surface area contributed by atoms with E-state index in [0.717, 1.165) is 5.56 Å². The van der Waals surface area contributed by atoms with Gasteiger partial charge in [-0.3, -0.25) is 19.8 Å². The number of phenols is 1. The highest BCUT2D eigenvalue weighted by Crippen LogP contribution is 2.38. The third-order valence-electron chi connectivity index (χ3n) is 4.73. The molecule has 156 valence electrons. The van der Waals surface area contributed by atoms with E-state index >= 15 is 0 Å². The number of rotatable bonds is 5. The van der Waals surface area contributed by atoms with Gasteiger partial charge in [-0.2, -0.15) is 0 Å². The molecule has 30 heavy (non-hydrogen) atoms. The maximum atomic E-state index is 13.1. The van der Waals surface area contributed by atoms with Gasteiger partial charge < -0.3 is 14.6 Å². The fourth-order valence-corrected chi connectivity index (χ4v) is 3.35. The average Bonchev–Trinajstić information content (AvgIpc) is 2.72. The Bertz CT molecular complexity index is 1020. The summed E-state index contributed by atoms with van der Waals surface area (Å²) in [6, 6.07) is 10.4. The van der Waals surface area contributed by atoms with Gasteiger partial charge in [0, 0.05) is 0 Å². The van der Waals surface area contributed by atoms with Gasteiger partial charge in [-0.05, 0) is 59.6 Å². The number of hydrogen-bond donors (Lipinski definition) is 2. The summed E-state index contributed by atoms with van der Waals surface area (Å²) in [5, 5.41) is 12.6. The van der Waals surface area contributed by atoms with Crippen molar-refractivity contribution in [1.29, 1.82) is 0 Å². The summed E-state index contributed by atoms with van der Waals surface area (Å²) in [5.74, 6) is -0.673. The van der Waals surface area contributed by atoms with Crippen LogP contribution >= 0.6 is 12.2 Å². The molecule has 8 heteroatoms. The first-order valence-corrected chi connectivity index (χ1v) is 9.64. The molecule has 1 aliphatic rings. The van der Waals surface area contributed by atoms with Crippen LogP contribution in [0, 0.1) is 0 Å². The quantitative estimate of drug-likeness (QED) is 0.433. The Kier molecular flexibility index (Phi) is 6.07. The van der Waals surface area contributed by atoms with Gasteiger partial charge >= 0.3 is 0 Å². The minimum absolute atomic E-state index is 0.0142. The Balaban J connectivity index is 2.02. The molecule has 1 heterocycles. The molecule has 0 saturated carbocycles. The molecule has 0 aliphatic carbocycles. The van der Waals surface area contributed by atoms with Crippen LogP contribution in [0.5, 0.6) is 17.2 Å². The normalized spacial score (nSPS) is 15.6. The second-order valence-electron chi connectivity index (χ2n) is 6.98. The molecule has 2 aromatic carbocycles. The number of thiocarbonyl (C=S) groups is 1. The minimum Gasteiger partial charge on any atom is -0.502 e. The third-order valence-corrected chi connectivity index (χ3v) is 5.02. The van der Waals surface area contributed by atoms with Crippen LogP contribution in [0.15, 0.2) is 42.0 Å². The lowest BCUT2D eigenvalue weighted by molar-refractivity contribution is -0.122. The summed E-state index contributed by atoms with van der Waals surface area (Å²) in [5.41, 5.74) is 2.02. The number of nitrogens with zero attached hydrogens (tertiary/aromatic N) is 1. The number of carbonyl (C=O) groups is 2. The fraction of sp³-hybridized carbons (Fsp3) is 0.227. The molecule has 0 radical (unpaired) electrons. The number of hydrogen-bond acceptors (Lipinski definition) is 6. The van der Waals surface area contributed by atoms with Crippen molar-refractivity contribution in [3.05, 3.63) is 53.1 Å². The van der Waals surface area contributed by atoms with Crippen molar-refractivity contribution in [2.24, 2.45) is 0 Å². The van der Waals surface area contributed by atoms with Gasteiger partial charge in [-0.25, -0.2) is 0 Å². The van der Waals surface area contributed by atoms with Gasteiger partial charge in [0.2, 0.25) is 5.75 Å². The molecule has 2 amide bonds. The molecule has 2 N–H and O–H groups in total. The predicted octanol–water partition coefficient (Wildman–Crippen LogP) is 3.36. The van der Waals surface area contributed by atoms with Gasteiger partial charge in [-0.15, -0.1) is 0 Å². The van der Waals surface area contributed by atoms with Crippen molar-refractivity contribution in [1.82, 2.24) is 5.32 Å². The highest BCUT2D eigenvalue weighted by Gasteiger charge is 2.34. The van der Waals surface area contributed by atoms with Gasteiger partial charge in [0.15, 0.2) is 16.6 Å². The summed E-state index contributed by atoms with van der Waals surface area (Å²) >= 11 is 5.23. The second-order valence-corrected chi connectivity index (χ2v) is 7.36. The highest BCUT2D eigenvalue weighted by molar-refractivity contribution is 7.80. The Morgan fingerprint density at radius 1 is 1.07 bits per heavy atom. The summed E-state index contributed by atoms with van der Waals surface area (Å²) in [6.07, 6.45) is 1.40. The zero-order valence-electron chi connectivity index (χ0n) is 17.1. The van der Waals surface area contributed by atoms with Crippen molar-refractivity contribution < 1.29 is 24.2 Å². The average molecular weight is 426 g/mol. The number of nitrogens with one attached hydrogen (secondary N) is 1. The largest absolute Gasteiger partial charge is 0.502 e. The molecule has 0 spiro atoms. The number of amides is 2. The number of methoxy groups -OCH3 is 2. The summed E-state index contributed by atoms with van der Waals surface area (Å²) < 4.78 is 10.3. The number of carbonyl (C=O) groups excluding carboxylic acids is 2. The monoisotopic (exact) mass is 426 g/mol. The van der Waals surface area contributed by atoms with Crippen LogP contribution in [0.4, 0.5) is 5.69 Å². The highest BCUT2D eigenvalue weighted by atomic mass is 32.1. The lowest BCUT2D eigenvalue weighted by Gasteiger charge is -2.29. The van der Waals surface area contributed by atoms with E-state index in [-0.39, 0.29) is 27.9 Å². The van der Waals surface area contributed by atoms with Crippen LogP contribution in [0.2, 0.25) is 0 Å². The first-order valence-electron chi connectivity index (χ1n) is 9.23. The Labute approximate surface area is 179 Å². The standard InChI is InChI=1S/C22H22N2O5S/c1-12(2)14-5-7-15(8-6-14)24-21(27)16(20(26)23-22(24)30)9-13-10-17(28-3)19(25)18(11-13)29-4/h5-12,25H,1-4H3,(H,23,26,30)/b16-9+. The lowest BCUT2D eigenvalue weighted by Crippen LogP contribution is -2.54. The molecule has 1 saturated heterocycles. The van der Waals surface area contributed by atoms with Gasteiger partial charge in [0.25, 0.3) is 11.8 Å². The van der Waals surface area contributed by atoms with E-state index in [4.69, 9.17) is 21.7 Å². The van der Waals surface area contributed by atoms with E-state index in [2.05, 4.69) is 19.2 Å². The van der Waals surface area contributed by atoms with Gasteiger partial charge in [0.05, 0.1) is 19.9 Å². The van der Waals surface area contributed by atoms with Gasteiger partial charge in [-0.1, -0.05) is 26.0 Å². The number of anilines is 1. The maximum Gasteiger partial charge on any atom is 0.270 e. The smallest absolute Gasteiger partial charge is 0.270 e. The van der Waals surface area contributed by atoms with Crippen LogP contribution in [0.3, 0.4) is 0 Å². The topological polar surface area (TPSA) is 88.1 Å². The summed E-state index contributed by atoms with van der Waals surface area (Å²) in [6.45, 7) is 4.15. The SMILES string of the molecule is COc1cc(/C=C2\C(=O)NC(=S)N(c3ccc(C(C)C)cc3)C2=O)cc(OC)c1O. The van der Waals surface area contributed by atoms with Crippen molar-refractivity contribution >= 4 is 40.9 Å². The zero-order valence-corrected chi connectivity index (χ0v) is 17.9. The number of benzene rings is 2. The van der Waals surface area contributed by atoms with E-state index in [0.29, 0.717) is 17.2 Å². The van der Waals surface area contributed by atoms with Crippen LogP contribution in [0.25, 0.3) is 6.08 Å². The summed E-state index contributed by atoms with van der Waals surface area (Å²) in [4.78, 5) is 26.9. The maximum absolute atomic E-state index is 13.1. The lowest BCUT2D eigenvalue weighted by atomic mass is 10.0. The molecule has 0 atom stereocenters. The van der Waals surface area contributed by atoms with Crippen LogP contribution in [-0.4, -0.2) is 36.3 Å². The molecule has 1 fully saturated rings. The van der Waals surface area contributed by atoms with E-state index in [1.807, 2.05) is 12.1 Å². The molecule has 0 unspecified atom stereocenters. The third kappa shape index (κ3) is 3.99. The van der Waals surface area contributed by atoms with Crippen LogP contribution in [0.1, 0.15) is 30.9 Å².